The molecular formula is C17H18N4O5. The third kappa shape index (κ3) is 4.67. The standard InChI is InChI=1S/C17H18N4O5/c22-15-11-14(21-6-8-25-9-7-21)18-13(19-15)10-16(23)20-26-17(24)12-4-2-1-3-5-12/h1-5,11H,6-10H2,(H,20,23)(H,18,19,22). The Morgan fingerprint density at radius 1 is 1.23 bits per heavy atom. The molecule has 1 saturated heterocycles. The van der Waals surface area contributed by atoms with E-state index in [2.05, 4.69) is 15.4 Å². The number of hydroxylamine groups is 1. The van der Waals surface area contributed by atoms with Gasteiger partial charge in [-0.3, -0.25) is 9.59 Å². The third-order valence-corrected chi connectivity index (χ3v) is 3.71. The third-order valence-electron chi connectivity index (χ3n) is 3.71. The van der Waals surface area contributed by atoms with Crippen LogP contribution in [0.2, 0.25) is 0 Å². The van der Waals surface area contributed by atoms with Crippen molar-refractivity contribution in [1.82, 2.24) is 15.4 Å². The van der Waals surface area contributed by atoms with E-state index in [0.717, 1.165) is 0 Å². The molecule has 1 aliphatic heterocycles. The Kier molecular flexibility index (Phi) is 5.59. The normalized spacial score (nSPS) is 13.9. The minimum Gasteiger partial charge on any atom is -0.378 e. The largest absolute Gasteiger partial charge is 0.378 e. The summed E-state index contributed by atoms with van der Waals surface area (Å²) in [5, 5.41) is 0. The number of nitrogens with zero attached hydrogens (tertiary/aromatic N) is 2. The van der Waals surface area contributed by atoms with E-state index in [4.69, 9.17) is 9.57 Å². The molecule has 1 aliphatic rings. The summed E-state index contributed by atoms with van der Waals surface area (Å²) in [6, 6.07) is 9.65. The summed E-state index contributed by atoms with van der Waals surface area (Å²) in [5.74, 6) is -0.604. The SMILES string of the molecule is O=C(Cc1nc(N2CCOCC2)cc(=O)[nH]1)NOC(=O)c1ccccc1. The smallest absolute Gasteiger partial charge is 0.362 e. The summed E-state index contributed by atoms with van der Waals surface area (Å²) in [4.78, 5) is 49.0. The molecule has 1 aromatic heterocycles. The molecule has 0 unspecified atom stereocenters. The van der Waals surface area contributed by atoms with Crippen molar-refractivity contribution in [3.8, 4) is 0 Å². The van der Waals surface area contributed by atoms with Crippen molar-refractivity contribution in [3.05, 3.63) is 58.1 Å². The first-order valence-corrected chi connectivity index (χ1v) is 8.10. The van der Waals surface area contributed by atoms with Gasteiger partial charge in [-0.2, -0.15) is 5.48 Å². The number of amides is 1. The van der Waals surface area contributed by atoms with Crippen molar-refractivity contribution in [2.45, 2.75) is 6.42 Å². The van der Waals surface area contributed by atoms with Gasteiger partial charge < -0.3 is 19.5 Å². The molecular weight excluding hydrogens is 340 g/mol. The van der Waals surface area contributed by atoms with Crippen molar-refractivity contribution in [2.24, 2.45) is 0 Å². The highest BCUT2D eigenvalue weighted by Gasteiger charge is 2.16. The fraction of sp³-hybridized carbons (Fsp3) is 0.294. The summed E-state index contributed by atoms with van der Waals surface area (Å²) in [6.07, 6.45) is -0.227. The van der Waals surface area contributed by atoms with Crippen LogP contribution in [0.1, 0.15) is 16.2 Å². The fourth-order valence-electron chi connectivity index (χ4n) is 2.46. The molecule has 9 heteroatoms. The topological polar surface area (TPSA) is 114 Å². The number of hydrogen-bond acceptors (Lipinski definition) is 7. The number of ether oxygens (including phenoxy) is 1. The lowest BCUT2D eigenvalue weighted by Gasteiger charge is -2.27. The highest BCUT2D eigenvalue weighted by Crippen LogP contribution is 2.10. The number of hydrogen-bond donors (Lipinski definition) is 2. The van der Waals surface area contributed by atoms with Gasteiger partial charge in [0.2, 0.25) is 0 Å². The maximum atomic E-state index is 12.0. The van der Waals surface area contributed by atoms with Gasteiger partial charge in [-0.25, -0.2) is 9.78 Å². The molecule has 9 nitrogen and oxygen atoms in total. The van der Waals surface area contributed by atoms with Gasteiger partial charge in [0.05, 0.1) is 25.2 Å². The van der Waals surface area contributed by atoms with Gasteiger partial charge in [0.1, 0.15) is 11.6 Å². The number of carbonyl (C=O) groups is 2. The number of aromatic nitrogens is 2. The van der Waals surface area contributed by atoms with E-state index >= 15 is 0 Å². The number of carbonyl (C=O) groups excluding carboxylic acids is 2. The van der Waals surface area contributed by atoms with Gasteiger partial charge in [-0.1, -0.05) is 18.2 Å². The molecule has 2 N–H and O–H groups in total. The van der Waals surface area contributed by atoms with Crippen LogP contribution in [0.4, 0.5) is 5.82 Å². The molecule has 2 aromatic rings. The lowest BCUT2D eigenvalue weighted by atomic mass is 10.2. The molecule has 1 fully saturated rings. The van der Waals surface area contributed by atoms with Crippen LogP contribution in [0, 0.1) is 0 Å². The van der Waals surface area contributed by atoms with Crippen LogP contribution in [-0.4, -0.2) is 48.1 Å². The van der Waals surface area contributed by atoms with Crippen LogP contribution in [0.25, 0.3) is 0 Å². The highest BCUT2D eigenvalue weighted by atomic mass is 16.7. The number of benzene rings is 1. The first-order valence-electron chi connectivity index (χ1n) is 8.10. The maximum Gasteiger partial charge on any atom is 0.362 e. The summed E-state index contributed by atoms with van der Waals surface area (Å²) < 4.78 is 5.27. The monoisotopic (exact) mass is 358 g/mol. The number of H-pyrrole nitrogens is 1. The molecule has 3 rings (SSSR count). The Labute approximate surface area is 148 Å². The number of nitrogens with one attached hydrogen (secondary N) is 2. The molecule has 0 bridgehead atoms. The lowest BCUT2D eigenvalue weighted by molar-refractivity contribution is -0.129. The van der Waals surface area contributed by atoms with E-state index in [9.17, 15) is 14.4 Å². The molecule has 0 spiro atoms. The Morgan fingerprint density at radius 2 is 1.96 bits per heavy atom. The van der Waals surface area contributed by atoms with Gasteiger partial charge in [0.25, 0.3) is 11.5 Å². The highest BCUT2D eigenvalue weighted by molar-refractivity contribution is 5.90. The van der Waals surface area contributed by atoms with Gasteiger partial charge >= 0.3 is 5.97 Å². The predicted octanol–water partition coefficient (Wildman–Crippen LogP) is 0.0372. The Morgan fingerprint density at radius 3 is 2.69 bits per heavy atom. The van der Waals surface area contributed by atoms with Gasteiger partial charge in [0.15, 0.2) is 0 Å². The van der Waals surface area contributed by atoms with Crippen molar-refractivity contribution in [2.75, 3.05) is 31.2 Å². The second kappa shape index (κ2) is 8.26. The van der Waals surface area contributed by atoms with Crippen LogP contribution in [0.3, 0.4) is 0 Å². The minimum atomic E-state index is -0.678. The van der Waals surface area contributed by atoms with Crippen LogP contribution < -0.4 is 15.9 Å². The van der Waals surface area contributed by atoms with E-state index in [0.29, 0.717) is 37.7 Å². The zero-order valence-electron chi connectivity index (χ0n) is 13.9. The lowest BCUT2D eigenvalue weighted by Crippen LogP contribution is -2.38. The van der Waals surface area contributed by atoms with E-state index in [1.165, 1.54) is 6.07 Å². The van der Waals surface area contributed by atoms with E-state index in [-0.39, 0.29) is 17.8 Å². The molecule has 1 aromatic carbocycles. The fourth-order valence-corrected chi connectivity index (χ4v) is 2.46. The zero-order chi connectivity index (χ0) is 18.4. The Balaban J connectivity index is 1.59. The van der Waals surface area contributed by atoms with E-state index in [1.807, 2.05) is 4.90 Å². The van der Waals surface area contributed by atoms with Gasteiger partial charge in [-0.05, 0) is 12.1 Å². The van der Waals surface area contributed by atoms with Crippen LogP contribution in [0.5, 0.6) is 0 Å². The minimum absolute atomic E-state index is 0.187. The van der Waals surface area contributed by atoms with Crippen molar-refractivity contribution < 1.29 is 19.2 Å². The van der Waals surface area contributed by atoms with Gasteiger partial charge in [-0.15, -0.1) is 0 Å². The molecule has 0 radical (unpaired) electrons. The molecule has 26 heavy (non-hydrogen) atoms. The molecule has 136 valence electrons. The van der Waals surface area contributed by atoms with Crippen molar-refractivity contribution >= 4 is 17.7 Å². The first kappa shape index (κ1) is 17.6. The average Bonchev–Trinajstić information content (AvgIpc) is 2.67. The van der Waals surface area contributed by atoms with Crippen LogP contribution in [-0.2, 0) is 20.8 Å². The molecule has 1 amide bonds. The summed E-state index contributed by atoms with van der Waals surface area (Å²) >= 11 is 0. The number of anilines is 1. The molecule has 0 saturated carbocycles. The zero-order valence-corrected chi connectivity index (χ0v) is 13.9. The van der Waals surface area contributed by atoms with Crippen molar-refractivity contribution in [3.63, 3.8) is 0 Å². The Hall–Kier alpha value is -3.20. The molecule has 0 atom stereocenters. The Bertz CT molecular complexity index is 831. The molecule has 2 heterocycles. The predicted molar refractivity (Wildman–Crippen MR) is 91.6 cm³/mol. The second-order valence-electron chi connectivity index (χ2n) is 5.61. The number of rotatable bonds is 4. The van der Waals surface area contributed by atoms with Crippen LogP contribution in [0.15, 0.2) is 41.2 Å². The second-order valence-corrected chi connectivity index (χ2v) is 5.61. The number of aromatic amines is 1. The summed E-state index contributed by atoms with van der Waals surface area (Å²) in [6.45, 7) is 2.35. The summed E-state index contributed by atoms with van der Waals surface area (Å²) in [5.41, 5.74) is 2.02. The average molecular weight is 358 g/mol. The van der Waals surface area contributed by atoms with Gasteiger partial charge in [0, 0.05) is 19.2 Å². The van der Waals surface area contributed by atoms with E-state index in [1.54, 1.807) is 30.3 Å². The quantitative estimate of drug-likeness (QED) is 0.742. The first-order chi connectivity index (χ1) is 12.6. The molecule has 0 aliphatic carbocycles. The van der Waals surface area contributed by atoms with E-state index < -0.39 is 11.9 Å². The summed E-state index contributed by atoms with van der Waals surface area (Å²) in [7, 11) is 0. The van der Waals surface area contributed by atoms with Crippen molar-refractivity contribution in [1.29, 1.82) is 0 Å². The number of morpholine rings is 1. The maximum absolute atomic E-state index is 12.0. The van der Waals surface area contributed by atoms with Crippen LogP contribution >= 0.6 is 0 Å².